The molecule has 7 heteroatoms. The van der Waals surface area contributed by atoms with E-state index in [1.54, 1.807) is 18.5 Å². The van der Waals surface area contributed by atoms with Gasteiger partial charge < -0.3 is 10.2 Å². The maximum atomic E-state index is 12.5. The quantitative estimate of drug-likeness (QED) is 0.841. The van der Waals surface area contributed by atoms with Crippen molar-refractivity contribution in [1.82, 2.24) is 25.0 Å². The van der Waals surface area contributed by atoms with Crippen molar-refractivity contribution in [3.05, 3.63) is 30.1 Å². The van der Waals surface area contributed by atoms with E-state index in [-0.39, 0.29) is 11.3 Å². The van der Waals surface area contributed by atoms with Gasteiger partial charge in [-0.25, -0.2) is 0 Å². The number of amides is 2. The summed E-state index contributed by atoms with van der Waals surface area (Å²) < 4.78 is 1.50. The first kappa shape index (κ1) is 19.9. The molecule has 7 nitrogen and oxygen atoms in total. The van der Waals surface area contributed by atoms with E-state index in [2.05, 4.69) is 36.3 Å². The van der Waals surface area contributed by atoms with Crippen LogP contribution in [0.4, 0.5) is 0 Å². The molecule has 1 saturated carbocycles. The van der Waals surface area contributed by atoms with Gasteiger partial charge in [-0.05, 0) is 54.6 Å². The van der Waals surface area contributed by atoms with Crippen molar-refractivity contribution >= 4 is 17.3 Å². The van der Waals surface area contributed by atoms with Crippen LogP contribution in [0.5, 0.6) is 0 Å². The predicted molar refractivity (Wildman–Crippen MR) is 110 cm³/mol. The zero-order valence-electron chi connectivity index (χ0n) is 17.6. The Balaban J connectivity index is 1.23. The molecule has 2 aromatic heterocycles. The second kappa shape index (κ2) is 7.43. The molecule has 29 heavy (non-hydrogen) atoms. The number of nitrogens with one attached hydrogen (secondary N) is 1. The highest BCUT2D eigenvalue weighted by atomic mass is 16.2. The van der Waals surface area contributed by atoms with E-state index in [4.69, 9.17) is 0 Å². The minimum absolute atomic E-state index is 0.0851. The molecule has 0 radical (unpaired) electrons. The fourth-order valence-corrected chi connectivity index (χ4v) is 4.44. The number of piperidine rings is 1. The average Bonchev–Trinajstić information content (AvgIpc) is 3.13. The molecule has 2 aliphatic rings. The van der Waals surface area contributed by atoms with Crippen molar-refractivity contribution in [1.29, 1.82) is 0 Å². The third-order valence-electron chi connectivity index (χ3n) is 6.59. The summed E-state index contributed by atoms with van der Waals surface area (Å²) >= 11 is 0. The number of carbonyl (C=O) groups is 2. The van der Waals surface area contributed by atoms with Crippen molar-refractivity contribution in [2.75, 3.05) is 19.6 Å². The molecule has 1 unspecified atom stereocenters. The van der Waals surface area contributed by atoms with Gasteiger partial charge in [0.15, 0.2) is 0 Å². The first-order chi connectivity index (χ1) is 13.8. The van der Waals surface area contributed by atoms with Crippen LogP contribution in [0, 0.1) is 16.7 Å². The monoisotopic (exact) mass is 397 g/mol. The summed E-state index contributed by atoms with van der Waals surface area (Å²) in [5.41, 5.74) is 1.89. The molecule has 4 rings (SSSR count). The number of aromatic nitrogens is 3. The third-order valence-corrected chi connectivity index (χ3v) is 6.59. The minimum atomic E-state index is -0.0851. The van der Waals surface area contributed by atoms with E-state index < -0.39 is 0 Å². The van der Waals surface area contributed by atoms with Gasteiger partial charge in [0, 0.05) is 26.1 Å². The van der Waals surface area contributed by atoms with Crippen LogP contribution in [0.25, 0.3) is 5.52 Å². The number of carbonyl (C=O) groups excluding carboxylic acids is 2. The van der Waals surface area contributed by atoms with Crippen LogP contribution in [-0.4, -0.2) is 51.2 Å². The summed E-state index contributed by atoms with van der Waals surface area (Å²) in [6, 6.07) is 3.63. The van der Waals surface area contributed by atoms with Gasteiger partial charge in [0.25, 0.3) is 5.91 Å². The molecule has 1 N–H and O–H groups in total. The summed E-state index contributed by atoms with van der Waals surface area (Å²) in [6.07, 6.45) is 8.05. The van der Waals surface area contributed by atoms with Crippen LogP contribution in [0.3, 0.4) is 0 Å². The Kier molecular flexibility index (Phi) is 5.09. The first-order valence-corrected chi connectivity index (χ1v) is 10.6. The number of likely N-dealkylation sites (tertiary alicyclic amines) is 1. The third kappa shape index (κ3) is 4.43. The lowest BCUT2D eigenvalue weighted by molar-refractivity contribution is -0.133. The van der Waals surface area contributed by atoms with Crippen LogP contribution in [-0.2, 0) is 4.79 Å². The van der Waals surface area contributed by atoms with Gasteiger partial charge in [0.1, 0.15) is 0 Å². The molecule has 0 aromatic carbocycles. The van der Waals surface area contributed by atoms with E-state index >= 15 is 0 Å². The molecule has 2 amide bonds. The van der Waals surface area contributed by atoms with E-state index in [1.807, 2.05) is 11.0 Å². The Morgan fingerprint density at radius 2 is 2.00 bits per heavy atom. The van der Waals surface area contributed by atoms with E-state index in [0.29, 0.717) is 35.8 Å². The Bertz CT molecular complexity index is 905. The van der Waals surface area contributed by atoms with E-state index in [0.717, 1.165) is 44.3 Å². The number of hydrogen-bond acceptors (Lipinski definition) is 4. The molecule has 2 aromatic rings. The SMILES string of the molecule is CC(C)(C)CCC(=O)N1CCC2(CC1)CC2CNC(=O)c1cnn2nccc2c1. The average molecular weight is 398 g/mol. The van der Waals surface area contributed by atoms with Gasteiger partial charge in [-0.2, -0.15) is 14.8 Å². The van der Waals surface area contributed by atoms with Crippen molar-refractivity contribution in [3.63, 3.8) is 0 Å². The lowest BCUT2D eigenvalue weighted by Crippen LogP contribution is -2.40. The van der Waals surface area contributed by atoms with Crippen LogP contribution in [0.15, 0.2) is 24.5 Å². The molecule has 1 aliphatic carbocycles. The normalized spacial score (nSPS) is 20.8. The molecule has 1 saturated heterocycles. The molecular formula is C22H31N5O2. The van der Waals surface area contributed by atoms with Crippen LogP contribution >= 0.6 is 0 Å². The first-order valence-electron chi connectivity index (χ1n) is 10.6. The summed E-state index contributed by atoms with van der Waals surface area (Å²) in [5, 5.41) is 11.3. The largest absolute Gasteiger partial charge is 0.352 e. The highest BCUT2D eigenvalue weighted by Crippen LogP contribution is 2.59. The van der Waals surface area contributed by atoms with Gasteiger partial charge in [-0.15, -0.1) is 0 Å². The Hall–Kier alpha value is -2.44. The summed E-state index contributed by atoms with van der Waals surface area (Å²) in [6.45, 7) is 8.94. The van der Waals surface area contributed by atoms with Gasteiger partial charge in [0.2, 0.25) is 5.91 Å². The van der Waals surface area contributed by atoms with E-state index in [9.17, 15) is 9.59 Å². The lowest BCUT2D eigenvalue weighted by Gasteiger charge is -2.33. The number of nitrogens with zero attached hydrogens (tertiary/aromatic N) is 4. The van der Waals surface area contributed by atoms with Crippen molar-refractivity contribution < 1.29 is 9.59 Å². The number of rotatable bonds is 5. The lowest BCUT2D eigenvalue weighted by atomic mass is 9.88. The minimum Gasteiger partial charge on any atom is -0.352 e. The Morgan fingerprint density at radius 1 is 1.24 bits per heavy atom. The standard InChI is InChI=1S/C22H31N5O2/c1-21(2,3)6-4-19(28)26-10-7-22(8-11-26)13-17(22)15-23-20(29)16-12-18-5-9-24-27(18)25-14-16/h5,9,12,14,17H,4,6-8,10-11,13,15H2,1-3H3,(H,23,29). The number of hydrogen-bond donors (Lipinski definition) is 1. The molecular weight excluding hydrogens is 366 g/mol. The summed E-state index contributed by atoms with van der Waals surface area (Å²) in [5.74, 6) is 0.728. The smallest absolute Gasteiger partial charge is 0.253 e. The highest BCUT2D eigenvalue weighted by Gasteiger charge is 2.54. The topological polar surface area (TPSA) is 79.6 Å². The zero-order valence-corrected chi connectivity index (χ0v) is 17.6. The van der Waals surface area contributed by atoms with Crippen molar-refractivity contribution in [3.8, 4) is 0 Å². The fraction of sp³-hybridized carbons (Fsp3) is 0.636. The predicted octanol–water partition coefficient (Wildman–Crippen LogP) is 2.91. The molecule has 1 aliphatic heterocycles. The molecule has 2 fully saturated rings. The number of fused-ring (bicyclic) bond motifs is 1. The highest BCUT2D eigenvalue weighted by molar-refractivity contribution is 5.94. The van der Waals surface area contributed by atoms with Crippen LogP contribution in [0.2, 0.25) is 0 Å². The maximum Gasteiger partial charge on any atom is 0.253 e. The van der Waals surface area contributed by atoms with Crippen molar-refractivity contribution in [2.45, 2.75) is 52.9 Å². The second-order valence-corrected chi connectivity index (χ2v) is 9.90. The van der Waals surface area contributed by atoms with Gasteiger partial charge in [-0.1, -0.05) is 20.8 Å². The Morgan fingerprint density at radius 3 is 2.72 bits per heavy atom. The molecule has 1 spiro atoms. The second-order valence-electron chi connectivity index (χ2n) is 9.90. The van der Waals surface area contributed by atoms with Gasteiger partial charge in [0.05, 0.1) is 23.5 Å². The Labute approximate surface area is 171 Å². The fourth-order valence-electron chi connectivity index (χ4n) is 4.44. The molecule has 156 valence electrons. The van der Waals surface area contributed by atoms with Gasteiger partial charge >= 0.3 is 0 Å². The summed E-state index contributed by atoms with van der Waals surface area (Å²) in [7, 11) is 0. The van der Waals surface area contributed by atoms with Gasteiger partial charge in [-0.3, -0.25) is 9.59 Å². The summed E-state index contributed by atoms with van der Waals surface area (Å²) in [4.78, 5) is 27.0. The van der Waals surface area contributed by atoms with Crippen molar-refractivity contribution in [2.24, 2.45) is 16.7 Å². The van der Waals surface area contributed by atoms with Crippen LogP contribution in [0.1, 0.15) is 63.2 Å². The van der Waals surface area contributed by atoms with E-state index in [1.165, 1.54) is 4.63 Å². The molecule has 3 heterocycles. The molecule has 1 atom stereocenters. The van der Waals surface area contributed by atoms with Crippen LogP contribution < -0.4 is 5.32 Å². The maximum absolute atomic E-state index is 12.5. The zero-order chi connectivity index (χ0) is 20.6. The molecule has 0 bridgehead atoms.